The van der Waals surface area contributed by atoms with Crippen LogP contribution in [0.3, 0.4) is 0 Å². The number of thiophene rings is 1. The molecule has 2 aromatic carbocycles. The van der Waals surface area contributed by atoms with Gasteiger partial charge in [0.05, 0.1) is 21.3 Å². The average Bonchev–Trinajstić information content (AvgIpc) is 3.29. The summed E-state index contributed by atoms with van der Waals surface area (Å²) in [7, 11) is 0. The fourth-order valence-corrected chi connectivity index (χ4v) is 4.89. The van der Waals surface area contributed by atoms with E-state index in [-0.39, 0.29) is 11.8 Å². The number of halogens is 1. The molecule has 0 atom stereocenters. The van der Waals surface area contributed by atoms with E-state index in [9.17, 15) is 9.59 Å². The first-order valence-corrected chi connectivity index (χ1v) is 10.7. The minimum Gasteiger partial charge on any atom is -0.326 e. The molecule has 1 aliphatic heterocycles. The summed E-state index contributed by atoms with van der Waals surface area (Å²) in [5.41, 5.74) is 4.15. The van der Waals surface area contributed by atoms with E-state index in [1.807, 2.05) is 49.4 Å². The first-order chi connectivity index (χ1) is 14.5. The second-order valence-corrected chi connectivity index (χ2v) is 8.59. The highest BCUT2D eigenvalue weighted by Gasteiger charge is 2.19. The average molecular weight is 437 g/mol. The zero-order valence-corrected chi connectivity index (χ0v) is 17.6. The maximum Gasteiger partial charge on any atom is 0.265 e. The van der Waals surface area contributed by atoms with E-state index in [2.05, 4.69) is 15.7 Å². The molecule has 2 amide bonds. The molecule has 5 rings (SSSR count). The molecule has 2 N–H and O–H groups in total. The summed E-state index contributed by atoms with van der Waals surface area (Å²) in [5, 5.41) is 11.9. The number of rotatable bonds is 3. The third-order valence-electron chi connectivity index (χ3n) is 5.11. The minimum atomic E-state index is -0.180. The van der Waals surface area contributed by atoms with E-state index in [4.69, 9.17) is 11.6 Å². The number of carbonyl (C=O) groups excluding carboxylic acids is 2. The number of fused-ring (bicyclic) bond motifs is 2. The molecule has 0 saturated heterocycles. The van der Waals surface area contributed by atoms with Gasteiger partial charge in [0.1, 0.15) is 4.83 Å². The Hall–Kier alpha value is -3.16. The van der Waals surface area contributed by atoms with Gasteiger partial charge >= 0.3 is 0 Å². The lowest BCUT2D eigenvalue weighted by Crippen LogP contribution is -2.19. The second kappa shape index (κ2) is 7.27. The van der Waals surface area contributed by atoms with Crippen molar-refractivity contribution in [2.75, 3.05) is 10.6 Å². The summed E-state index contributed by atoms with van der Waals surface area (Å²) in [5.74, 6) is -0.159. The maximum atomic E-state index is 12.9. The van der Waals surface area contributed by atoms with Crippen LogP contribution < -0.4 is 10.6 Å². The van der Waals surface area contributed by atoms with E-state index >= 15 is 0 Å². The van der Waals surface area contributed by atoms with Crippen molar-refractivity contribution in [3.63, 3.8) is 0 Å². The number of nitrogens with one attached hydrogen (secondary N) is 2. The lowest BCUT2D eigenvalue weighted by Gasteiger charge is -2.17. The Morgan fingerprint density at radius 2 is 2.03 bits per heavy atom. The molecule has 0 saturated carbocycles. The van der Waals surface area contributed by atoms with Gasteiger partial charge in [-0.25, -0.2) is 4.68 Å². The minimum absolute atomic E-state index is 0.0208. The molecule has 3 heterocycles. The van der Waals surface area contributed by atoms with Gasteiger partial charge in [-0.3, -0.25) is 9.59 Å². The molecule has 2 aromatic heterocycles. The van der Waals surface area contributed by atoms with Gasteiger partial charge in [-0.05, 0) is 55.3 Å². The molecule has 30 heavy (non-hydrogen) atoms. The number of para-hydroxylation sites is 1. The van der Waals surface area contributed by atoms with Gasteiger partial charge < -0.3 is 10.6 Å². The third kappa shape index (κ3) is 3.26. The summed E-state index contributed by atoms with van der Waals surface area (Å²) < 4.78 is 1.79. The maximum absolute atomic E-state index is 12.9. The fourth-order valence-electron chi connectivity index (χ4n) is 3.60. The molecule has 1 aliphatic rings. The van der Waals surface area contributed by atoms with Crippen LogP contribution in [0.25, 0.3) is 15.9 Å². The molecule has 0 fully saturated rings. The number of benzene rings is 2. The Kier molecular flexibility index (Phi) is 4.56. The number of carbonyl (C=O) groups is 2. The Morgan fingerprint density at radius 1 is 1.20 bits per heavy atom. The van der Waals surface area contributed by atoms with Crippen molar-refractivity contribution < 1.29 is 9.59 Å². The van der Waals surface area contributed by atoms with Gasteiger partial charge in [0.2, 0.25) is 5.91 Å². The van der Waals surface area contributed by atoms with E-state index in [1.165, 1.54) is 11.3 Å². The highest BCUT2D eigenvalue weighted by atomic mass is 35.5. The summed E-state index contributed by atoms with van der Waals surface area (Å²) >= 11 is 7.73. The van der Waals surface area contributed by atoms with Gasteiger partial charge in [-0.2, -0.15) is 5.10 Å². The van der Waals surface area contributed by atoms with Crippen molar-refractivity contribution in [3.8, 4) is 5.69 Å². The molecule has 0 aliphatic carbocycles. The monoisotopic (exact) mass is 436 g/mol. The van der Waals surface area contributed by atoms with Gasteiger partial charge in [0.15, 0.2) is 0 Å². The van der Waals surface area contributed by atoms with Crippen molar-refractivity contribution in [2.45, 2.75) is 19.8 Å². The van der Waals surface area contributed by atoms with E-state index in [1.54, 1.807) is 10.7 Å². The van der Waals surface area contributed by atoms with Crippen LogP contribution in [0.1, 0.15) is 27.3 Å². The zero-order valence-electron chi connectivity index (χ0n) is 16.0. The van der Waals surface area contributed by atoms with Crippen LogP contribution in [0, 0.1) is 6.92 Å². The quantitative estimate of drug-likeness (QED) is 0.464. The zero-order chi connectivity index (χ0) is 20.8. The Bertz CT molecular complexity index is 1320. The lowest BCUT2D eigenvalue weighted by molar-refractivity contribution is -0.116. The first kappa shape index (κ1) is 18.8. The fraction of sp³-hybridized carbons (Fsp3) is 0.136. The van der Waals surface area contributed by atoms with E-state index in [0.717, 1.165) is 32.8 Å². The smallest absolute Gasteiger partial charge is 0.265 e. The van der Waals surface area contributed by atoms with Gasteiger partial charge in [0, 0.05) is 23.2 Å². The molecular weight excluding hydrogens is 420 g/mol. The van der Waals surface area contributed by atoms with E-state index in [0.29, 0.717) is 28.4 Å². The van der Waals surface area contributed by atoms with E-state index < -0.39 is 0 Å². The molecule has 6 nitrogen and oxygen atoms in total. The third-order valence-corrected chi connectivity index (χ3v) is 6.54. The number of aryl methyl sites for hydroxylation is 2. The van der Waals surface area contributed by atoms with Crippen molar-refractivity contribution >= 4 is 56.3 Å². The molecule has 0 bridgehead atoms. The Morgan fingerprint density at radius 3 is 2.87 bits per heavy atom. The number of aromatic nitrogens is 2. The number of hydrogen-bond acceptors (Lipinski definition) is 4. The Labute approximate surface area is 181 Å². The van der Waals surface area contributed by atoms with Crippen molar-refractivity contribution in [3.05, 3.63) is 69.7 Å². The largest absolute Gasteiger partial charge is 0.326 e. The predicted molar refractivity (Wildman–Crippen MR) is 120 cm³/mol. The van der Waals surface area contributed by atoms with Crippen LogP contribution >= 0.6 is 22.9 Å². The standard InChI is InChI=1S/C22H17ClN4O2S/c1-12-15-11-19(30-22(15)27(26-12)18-5-3-2-4-16(18)23)21(29)24-14-7-8-17-13(10-14)6-9-20(28)25-17/h2-5,7-8,10-11H,6,9H2,1H3,(H,24,29)(H,25,28). The SMILES string of the molecule is Cc1nn(-c2ccccc2Cl)c2sc(C(=O)Nc3ccc4c(c3)CCC(=O)N4)cc12. The number of nitrogens with zero attached hydrogens (tertiary/aromatic N) is 2. The molecular formula is C22H17ClN4O2S. The highest BCUT2D eigenvalue weighted by molar-refractivity contribution is 7.20. The summed E-state index contributed by atoms with van der Waals surface area (Å²) in [6.07, 6.45) is 1.12. The second-order valence-electron chi connectivity index (χ2n) is 7.15. The van der Waals surface area contributed by atoms with Gasteiger partial charge in [0.25, 0.3) is 5.91 Å². The Balaban J connectivity index is 1.46. The molecule has 0 radical (unpaired) electrons. The normalized spacial score (nSPS) is 13.2. The molecule has 0 unspecified atom stereocenters. The van der Waals surface area contributed by atoms with Crippen LogP contribution in [0.4, 0.5) is 11.4 Å². The lowest BCUT2D eigenvalue weighted by atomic mass is 10.0. The number of amides is 2. The number of anilines is 2. The molecule has 150 valence electrons. The van der Waals surface area contributed by atoms with Crippen molar-refractivity contribution in [1.82, 2.24) is 9.78 Å². The van der Waals surface area contributed by atoms with Crippen LogP contribution in [-0.4, -0.2) is 21.6 Å². The highest BCUT2D eigenvalue weighted by Crippen LogP contribution is 2.33. The summed E-state index contributed by atoms with van der Waals surface area (Å²) in [4.78, 5) is 25.9. The summed E-state index contributed by atoms with van der Waals surface area (Å²) in [6.45, 7) is 1.92. The van der Waals surface area contributed by atoms with Gasteiger partial charge in [-0.15, -0.1) is 11.3 Å². The summed E-state index contributed by atoms with van der Waals surface area (Å²) in [6, 6.07) is 14.9. The topological polar surface area (TPSA) is 76.0 Å². The van der Waals surface area contributed by atoms with Crippen molar-refractivity contribution in [2.24, 2.45) is 0 Å². The molecule has 0 spiro atoms. The first-order valence-electron chi connectivity index (χ1n) is 9.48. The van der Waals surface area contributed by atoms with Crippen LogP contribution in [0.15, 0.2) is 48.5 Å². The van der Waals surface area contributed by atoms with Crippen LogP contribution in [0.5, 0.6) is 0 Å². The van der Waals surface area contributed by atoms with Crippen molar-refractivity contribution in [1.29, 1.82) is 0 Å². The van der Waals surface area contributed by atoms with Crippen LogP contribution in [-0.2, 0) is 11.2 Å². The molecule has 8 heteroatoms. The van der Waals surface area contributed by atoms with Crippen LogP contribution in [0.2, 0.25) is 5.02 Å². The number of hydrogen-bond donors (Lipinski definition) is 2. The van der Waals surface area contributed by atoms with Gasteiger partial charge in [-0.1, -0.05) is 23.7 Å². The molecule has 4 aromatic rings. The predicted octanol–water partition coefficient (Wildman–Crippen LogP) is 5.19.